The van der Waals surface area contributed by atoms with Crippen LogP contribution in [0.4, 0.5) is 14.5 Å². The number of benzene rings is 2. The van der Waals surface area contributed by atoms with E-state index in [1.54, 1.807) is 41.3 Å². The lowest BCUT2D eigenvalue weighted by molar-refractivity contribution is 0.0115. The van der Waals surface area contributed by atoms with Gasteiger partial charge in [0.15, 0.2) is 0 Å². The molecule has 1 aliphatic heterocycles. The fourth-order valence-electron chi connectivity index (χ4n) is 3.55. The Morgan fingerprint density at radius 3 is 2.62 bits per heavy atom. The summed E-state index contributed by atoms with van der Waals surface area (Å²) in [5.74, 6) is -3.77. The zero-order valence-electron chi connectivity index (χ0n) is 20.1. The average Bonchev–Trinajstić information content (AvgIpc) is 3.17. The molecule has 1 saturated heterocycles. The summed E-state index contributed by atoms with van der Waals surface area (Å²) in [7, 11) is 0. The van der Waals surface area contributed by atoms with Gasteiger partial charge in [-0.15, -0.1) is 0 Å². The van der Waals surface area contributed by atoms with Crippen molar-refractivity contribution in [3.8, 4) is 5.75 Å². The minimum Gasteiger partial charge on any atom is -0.487 e. The summed E-state index contributed by atoms with van der Waals surface area (Å²) in [4.78, 5) is 29.6. The fourth-order valence-corrected chi connectivity index (χ4v) is 3.55. The molecule has 3 N–H and O–H groups in total. The SMILES string of the molecule is [2H]C([2H])(Oc1cncc(C(N)=O)c1)c1cccc(NC(=O)c2ccc(CN3CCC(F)(F)C3)cc2)c1. The number of ether oxygens (including phenoxy) is 1. The van der Waals surface area contributed by atoms with Crippen LogP contribution in [0, 0.1) is 0 Å². The van der Waals surface area contributed by atoms with E-state index in [0.717, 1.165) is 5.56 Å². The highest BCUT2D eigenvalue weighted by Crippen LogP contribution is 2.28. The first-order chi connectivity index (χ1) is 17.0. The fraction of sp³-hybridized carbons (Fsp3) is 0.240. The number of carbonyl (C=O) groups is 2. The third kappa shape index (κ3) is 6.14. The molecule has 7 nitrogen and oxygen atoms in total. The van der Waals surface area contributed by atoms with Gasteiger partial charge in [-0.1, -0.05) is 24.3 Å². The molecular formula is C25H24F2N4O3. The normalized spacial score (nSPS) is 16.4. The molecule has 2 aromatic carbocycles. The number of pyridine rings is 1. The summed E-state index contributed by atoms with van der Waals surface area (Å²) in [6, 6.07) is 14.1. The molecule has 0 bridgehead atoms. The number of halogens is 2. The van der Waals surface area contributed by atoms with E-state index in [-0.39, 0.29) is 29.8 Å². The molecule has 176 valence electrons. The van der Waals surface area contributed by atoms with Gasteiger partial charge in [-0.3, -0.25) is 19.5 Å². The van der Waals surface area contributed by atoms with Crippen LogP contribution in [-0.2, 0) is 13.1 Å². The van der Waals surface area contributed by atoms with Crippen molar-refractivity contribution in [1.29, 1.82) is 0 Å². The maximum Gasteiger partial charge on any atom is 0.261 e. The minimum atomic E-state index is -2.65. The van der Waals surface area contributed by atoms with Gasteiger partial charge in [0.05, 0.1) is 21.0 Å². The summed E-state index contributed by atoms with van der Waals surface area (Å²) in [5.41, 5.74) is 6.97. The number of nitrogens with two attached hydrogens (primary N) is 1. The third-order valence-electron chi connectivity index (χ3n) is 5.28. The topological polar surface area (TPSA) is 97.5 Å². The van der Waals surface area contributed by atoms with Crippen LogP contribution >= 0.6 is 0 Å². The molecule has 1 fully saturated rings. The van der Waals surface area contributed by atoms with Gasteiger partial charge in [0.1, 0.15) is 12.3 Å². The van der Waals surface area contributed by atoms with Crippen molar-refractivity contribution in [2.75, 3.05) is 18.4 Å². The molecule has 0 saturated carbocycles. The van der Waals surface area contributed by atoms with Crippen molar-refractivity contribution in [3.05, 3.63) is 89.2 Å². The van der Waals surface area contributed by atoms with E-state index in [1.807, 2.05) is 0 Å². The molecule has 1 aromatic heterocycles. The molecule has 0 atom stereocenters. The number of carbonyl (C=O) groups excluding carboxylic acids is 2. The van der Waals surface area contributed by atoms with Crippen LogP contribution in [0.1, 0.15) is 41.0 Å². The third-order valence-corrected chi connectivity index (χ3v) is 5.28. The Bertz CT molecular complexity index is 1270. The van der Waals surface area contributed by atoms with E-state index in [9.17, 15) is 18.4 Å². The Hall–Kier alpha value is -3.85. The summed E-state index contributed by atoms with van der Waals surface area (Å²) >= 11 is 0. The number of hydrogen-bond donors (Lipinski definition) is 2. The Kier molecular flexibility index (Phi) is 6.08. The van der Waals surface area contributed by atoms with Crippen LogP contribution in [0.5, 0.6) is 5.75 Å². The van der Waals surface area contributed by atoms with E-state index in [1.165, 1.54) is 30.6 Å². The van der Waals surface area contributed by atoms with Crippen molar-refractivity contribution in [1.82, 2.24) is 9.88 Å². The number of hydrogen-bond acceptors (Lipinski definition) is 5. The van der Waals surface area contributed by atoms with Crippen LogP contribution in [0.15, 0.2) is 67.0 Å². The Labute approximate surface area is 198 Å². The van der Waals surface area contributed by atoms with Gasteiger partial charge in [-0.05, 0) is 41.5 Å². The molecule has 2 amide bonds. The van der Waals surface area contributed by atoms with Crippen LogP contribution < -0.4 is 15.8 Å². The van der Waals surface area contributed by atoms with Crippen molar-refractivity contribution < 1.29 is 25.8 Å². The average molecular weight is 469 g/mol. The van der Waals surface area contributed by atoms with Crippen molar-refractivity contribution in [3.63, 3.8) is 0 Å². The molecule has 34 heavy (non-hydrogen) atoms. The number of nitrogens with zero attached hydrogens (tertiary/aromatic N) is 2. The second-order valence-corrected chi connectivity index (χ2v) is 8.03. The smallest absolute Gasteiger partial charge is 0.261 e. The van der Waals surface area contributed by atoms with Gasteiger partial charge in [-0.2, -0.15) is 0 Å². The molecule has 0 aliphatic carbocycles. The van der Waals surface area contributed by atoms with Gasteiger partial charge in [0.25, 0.3) is 11.8 Å². The van der Waals surface area contributed by atoms with Crippen LogP contribution in [0.3, 0.4) is 0 Å². The molecule has 1 aliphatic rings. The molecule has 9 heteroatoms. The highest BCUT2D eigenvalue weighted by Gasteiger charge is 2.37. The first-order valence-corrected chi connectivity index (χ1v) is 10.6. The standard InChI is InChI=1S/C25H24F2N4O3/c26-25(27)8-9-31(16-25)14-17-4-6-19(7-5-17)24(33)30-21-3-1-2-18(10-21)15-34-22-11-20(23(28)32)12-29-13-22/h1-7,10-13H,8-9,14-16H2,(H2,28,32)(H,30,33)/i15D2. The van der Waals surface area contributed by atoms with Crippen molar-refractivity contribution in [2.24, 2.45) is 5.73 Å². The molecule has 3 aromatic rings. The zero-order valence-corrected chi connectivity index (χ0v) is 18.1. The summed E-state index contributed by atoms with van der Waals surface area (Å²) in [5, 5.41) is 2.72. The van der Waals surface area contributed by atoms with Gasteiger partial charge < -0.3 is 15.8 Å². The molecule has 4 rings (SSSR count). The lowest BCUT2D eigenvalue weighted by Crippen LogP contribution is -2.24. The van der Waals surface area contributed by atoms with E-state index >= 15 is 0 Å². The van der Waals surface area contributed by atoms with E-state index in [0.29, 0.717) is 24.3 Å². The van der Waals surface area contributed by atoms with Gasteiger partial charge in [0.2, 0.25) is 5.91 Å². The predicted octanol–water partition coefficient (Wildman–Crippen LogP) is 3.85. The maximum absolute atomic E-state index is 13.4. The number of rotatable bonds is 8. The van der Waals surface area contributed by atoms with E-state index in [4.69, 9.17) is 13.2 Å². The van der Waals surface area contributed by atoms with Crippen LogP contribution in [0.25, 0.3) is 0 Å². The molecule has 0 spiro atoms. The lowest BCUT2D eigenvalue weighted by Gasteiger charge is -2.15. The zero-order chi connectivity index (χ0) is 25.9. The number of nitrogens with one attached hydrogen (secondary N) is 1. The maximum atomic E-state index is 13.4. The van der Waals surface area contributed by atoms with Crippen LogP contribution in [0.2, 0.25) is 0 Å². The van der Waals surface area contributed by atoms with E-state index in [2.05, 4.69) is 10.3 Å². The second-order valence-electron chi connectivity index (χ2n) is 8.03. The lowest BCUT2D eigenvalue weighted by atomic mass is 10.1. The number of likely N-dealkylation sites (tertiary alicyclic amines) is 1. The van der Waals surface area contributed by atoms with Gasteiger partial charge in [0, 0.05) is 37.0 Å². The van der Waals surface area contributed by atoms with Crippen LogP contribution in [-0.4, -0.2) is 40.7 Å². The first kappa shape index (κ1) is 20.7. The number of anilines is 1. The van der Waals surface area contributed by atoms with Crippen molar-refractivity contribution >= 4 is 17.5 Å². The van der Waals surface area contributed by atoms with Gasteiger partial charge >= 0.3 is 0 Å². The highest BCUT2D eigenvalue weighted by molar-refractivity contribution is 6.04. The largest absolute Gasteiger partial charge is 0.487 e. The number of alkyl halides is 2. The number of amides is 2. The summed E-state index contributed by atoms with van der Waals surface area (Å²) < 4.78 is 48.8. The molecular weight excluding hydrogens is 442 g/mol. The monoisotopic (exact) mass is 468 g/mol. The quantitative estimate of drug-likeness (QED) is 0.523. The molecule has 0 radical (unpaired) electrons. The molecule has 0 unspecified atom stereocenters. The number of primary amides is 1. The highest BCUT2D eigenvalue weighted by atomic mass is 19.3. The van der Waals surface area contributed by atoms with Gasteiger partial charge in [-0.25, -0.2) is 8.78 Å². The summed E-state index contributed by atoms with van der Waals surface area (Å²) in [6.07, 6.45) is 2.36. The predicted molar refractivity (Wildman–Crippen MR) is 123 cm³/mol. The Morgan fingerprint density at radius 2 is 1.91 bits per heavy atom. The van der Waals surface area contributed by atoms with Crippen molar-refractivity contribution in [2.45, 2.75) is 25.4 Å². The van der Waals surface area contributed by atoms with E-state index < -0.39 is 24.3 Å². The summed E-state index contributed by atoms with van der Waals surface area (Å²) in [6.45, 7) is -1.86. The second kappa shape index (κ2) is 9.96. The minimum absolute atomic E-state index is 0.0171. The number of aromatic nitrogens is 1. The molecule has 2 heterocycles. The Morgan fingerprint density at radius 1 is 1.12 bits per heavy atom. The Balaban J connectivity index is 1.40. The first-order valence-electron chi connectivity index (χ1n) is 11.6.